The monoisotopic (exact) mass is 311 g/mol. The number of carbonyl (C=O) groups excluding carboxylic acids is 1. The van der Waals surface area contributed by atoms with Crippen molar-refractivity contribution in [2.24, 2.45) is 7.05 Å². The molecule has 3 heterocycles. The first-order valence-electron chi connectivity index (χ1n) is 6.30. The molecule has 0 unspecified atom stereocenters. The van der Waals surface area contributed by atoms with Crippen molar-refractivity contribution < 1.29 is 9.53 Å². The minimum Gasteiger partial charge on any atom is -0.376 e. The number of halogens is 1. The Labute approximate surface area is 125 Å². The molecule has 20 heavy (non-hydrogen) atoms. The van der Waals surface area contributed by atoms with Gasteiger partial charge in [-0.3, -0.25) is 9.48 Å². The van der Waals surface area contributed by atoms with E-state index in [-0.39, 0.29) is 5.91 Å². The number of hydrogen-bond donors (Lipinski definition) is 1. The summed E-state index contributed by atoms with van der Waals surface area (Å²) in [5.74, 6) is -0.127. The molecule has 0 aliphatic carbocycles. The van der Waals surface area contributed by atoms with Crippen LogP contribution >= 0.6 is 22.9 Å². The molecule has 1 N–H and O–H groups in total. The number of aromatic nitrogens is 2. The van der Waals surface area contributed by atoms with Gasteiger partial charge in [-0.2, -0.15) is 5.10 Å². The van der Waals surface area contributed by atoms with Crippen molar-refractivity contribution in [2.45, 2.75) is 19.6 Å². The number of hydrogen-bond acceptors (Lipinski definition) is 4. The Balaban J connectivity index is 1.71. The van der Waals surface area contributed by atoms with Gasteiger partial charge in [-0.15, -0.1) is 11.3 Å². The molecule has 0 bridgehead atoms. The largest absolute Gasteiger partial charge is 0.376 e. The summed E-state index contributed by atoms with van der Waals surface area (Å²) in [7, 11) is 1.93. The van der Waals surface area contributed by atoms with Crippen molar-refractivity contribution in [1.29, 1.82) is 0 Å². The van der Waals surface area contributed by atoms with Crippen LogP contribution in [0, 0.1) is 0 Å². The van der Waals surface area contributed by atoms with Crippen LogP contribution in [0.15, 0.2) is 12.1 Å². The fourth-order valence-electron chi connectivity index (χ4n) is 2.32. The zero-order valence-corrected chi connectivity index (χ0v) is 12.6. The standard InChI is InChI=1S/C13H14ClN3O2S/c1-17-10-4-5-19-7-8(10)9(16-17)6-15-13(18)11-2-3-12(14)20-11/h2-3H,4-7H2,1H3,(H,15,18). The molecule has 0 fully saturated rings. The van der Waals surface area contributed by atoms with Gasteiger partial charge in [-0.1, -0.05) is 11.6 Å². The second-order valence-electron chi connectivity index (χ2n) is 4.58. The Bertz CT molecular complexity index is 650. The van der Waals surface area contributed by atoms with Crippen molar-refractivity contribution in [3.63, 3.8) is 0 Å². The number of nitrogens with one attached hydrogen (secondary N) is 1. The molecular formula is C13H14ClN3O2S. The fraction of sp³-hybridized carbons (Fsp3) is 0.385. The quantitative estimate of drug-likeness (QED) is 0.945. The first-order valence-corrected chi connectivity index (χ1v) is 7.49. The maximum absolute atomic E-state index is 12.0. The lowest BCUT2D eigenvalue weighted by Crippen LogP contribution is -2.23. The van der Waals surface area contributed by atoms with E-state index in [0.29, 0.717) is 22.4 Å². The predicted molar refractivity (Wildman–Crippen MR) is 77.1 cm³/mol. The van der Waals surface area contributed by atoms with Gasteiger partial charge in [0.15, 0.2) is 0 Å². The van der Waals surface area contributed by atoms with Crippen LogP contribution in [0.4, 0.5) is 0 Å². The van der Waals surface area contributed by atoms with Gasteiger partial charge in [-0.25, -0.2) is 0 Å². The molecule has 0 saturated carbocycles. The molecule has 2 aromatic rings. The van der Waals surface area contributed by atoms with E-state index in [4.69, 9.17) is 16.3 Å². The lowest BCUT2D eigenvalue weighted by atomic mass is 10.1. The summed E-state index contributed by atoms with van der Waals surface area (Å²) in [4.78, 5) is 12.6. The number of amides is 1. The summed E-state index contributed by atoms with van der Waals surface area (Å²) >= 11 is 7.09. The summed E-state index contributed by atoms with van der Waals surface area (Å²) in [5, 5.41) is 7.34. The minimum absolute atomic E-state index is 0.127. The van der Waals surface area contributed by atoms with E-state index in [1.807, 2.05) is 11.7 Å². The predicted octanol–water partition coefficient (Wildman–Crippen LogP) is 2.14. The van der Waals surface area contributed by atoms with Crippen LogP contribution in [0.25, 0.3) is 0 Å². The smallest absolute Gasteiger partial charge is 0.261 e. The lowest BCUT2D eigenvalue weighted by Gasteiger charge is -2.13. The zero-order chi connectivity index (χ0) is 14.1. The summed E-state index contributed by atoms with van der Waals surface area (Å²) in [6.45, 7) is 1.70. The summed E-state index contributed by atoms with van der Waals surface area (Å²) < 4.78 is 7.95. The number of nitrogens with zero attached hydrogens (tertiary/aromatic N) is 2. The van der Waals surface area contributed by atoms with Crippen molar-refractivity contribution in [3.8, 4) is 0 Å². The first-order chi connectivity index (χ1) is 9.65. The van der Waals surface area contributed by atoms with E-state index >= 15 is 0 Å². The van der Waals surface area contributed by atoms with Crippen LogP contribution < -0.4 is 5.32 Å². The molecule has 7 heteroatoms. The van der Waals surface area contributed by atoms with Gasteiger partial charge in [0.05, 0.1) is 34.7 Å². The highest BCUT2D eigenvalue weighted by Crippen LogP contribution is 2.22. The highest BCUT2D eigenvalue weighted by molar-refractivity contribution is 7.17. The average molecular weight is 312 g/mol. The van der Waals surface area contributed by atoms with E-state index in [2.05, 4.69) is 10.4 Å². The molecule has 1 aliphatic heterocycles. The number of fused-ring (bicyclic) bond motifs is 1. The second-order valence-corrected chi connectivity index (χ2v) is 6.30. The third-order valence-corrected chi connectivity index (χ3v) is 4.53. The van der Waals surface area contributed by atoms with E-state index in [9.17, 15) is 4.79 Å². The van der Waals surface area contributed by atoms with Crippen LogP contribution in [-0.2, 0) is 31.4 Å². The Morgan fingerprint density at radius 2 is 2.45 bits per heavy atom. The van der Waals surface area contributed by atoms with E-state index in [0.717, 1.165) is 24.3 Å². The molecular weight excluding hydrogens is 298 g/mol. The minimum atomic E-state index is -0.127. The molecule has 0 atom stereocenters. The molecule has 0 saturated heterocycles. The van der Waals surface area contributed by atoms with E-state index < -0.39 is 0 Å². The molecule has 5 nitrogen and oxygen atoms in total. The van der Waals surface area contributed by atoms with Crippen molar-refractivity contribution >= 4 is 28.8 Å². The number of thiophene rings is 1. The lowest BCUT2D eigenvalue weighted by molar-refractivity contribution is 0.0951. The number of carbonyl (C=O) groups is 1. The van der Waals surface area contributed by atoms with Gasteiger partial charge in [-0.05, 0) is 12.1 Å². The molecule has 1 aliphatic rings. The molecule has 1 amide bonds. The van der Waals surface area contributed by atoms with Gasteiger partial charge in [0.2, 0.25) is 0 Å². The number of ether oxygens (including phenoxy) is 1. The van der Waals surface area contributed by atoms with Gasteiger partial charge in [0.25, 0.3) is 5.91 Å². The number of aryl methyl sites for hydroxylation is 1. The maximum Gasteiger partial charge on any atom is 0.261 e. The summed E-state index contributed by atoms with van der Waals surface area (Å²) in [5.41, 5.74) is 3.17. The molecule has 3 rings (SSSR count). The first kappa shape index (κ1) is 13.6. The van der Waals surface area contributed by atoms with Gasteiger partial charge in [0.1, 0.15) is 0 Å². The second kappa shape index (κ2) is 5.55. The molecule has 0 spiro atoms. The molecule has 0 aromatic carbocycles. The highest BCUT2D eigenvalue weighted by atomic mass is 35.5. The average Bonchev–Trinajstić information content (AvgIpc) is 3.01. The normalized spacial score (nSPS) is 14.1. The van der Waals surface area contributed by atoms with Crippen LogP contribution in [0.5, 0.6) is 0 Å². The maximum atomic E-state index is 12.0. The Kier molecular flexibility index (Phi) is 3.78. The van der Waals surface area contributed by atoms with Gasteiger partial charge in [0, 0.05) is 24.7 Å². The van der Waals surface area contributed by atoms with Crippen LogP contribution in [-0.4, -0.2) is 22.3 Å². The SMILES string of the molecule is Cn1nc(CNC(=O)c2ccc(Cl)s2)c2c1CCOC2. The Morgan fingerprint density at radius 3 is 3.20 bits per heavy atom. The van der Waals surface area contributed by atoms with Crippen molar-refractivity contribution in [1.82, 2.24) is 15.1 Å². The summed E-state index contributed by atoms with van der Waals surface area (Å²) in [6.07, 6.45) is 0.868. The van der Waals surface area contributed by atoms with E-state index in [1.165, 1.54) is 17.0 Å². The zero-order valence-electron chi connectivity index (χ0n) is 11.0. The van der Waals surface area contributed by atoms with Crippen molar-refractivity contribution in [3.05, 3.63) is 38.3 Å². The molecule has 106 valence electrons. The van der Waals surface area contributed by atoms with Crippen molar-refractivity contribution in [2.75, 3.05) is 6.61 Å². The third-order valence-electron chi connectivity index (χ3n) is 3.30. The van der Waals surface area contributed by atoms with Crippen LogP contribution in [0.1, 0.15) is 26.6 Å². The summed E-state index contributed by atoms with van der Waals surface area (Å²) in [6, 6.07) is 3.44. The Hall–Kier alpha value is -1.37. The molecule has 2 aromatic heterocycles. The Morgan fingerprint density at radius 1 is 1.60 bits per heavy atom. The van der Waals surface area contributed by atoms with Gasteiger partial charge < -0.3 is 10.1 Å². The van der Waals surface area contributed by atoms with Gasteiger partial charge >= 0.3 is 0 Å². The third kappa shape index (κ3) is 2.59. The van der Waals surface area contributed by atoms with E-state index in [1.54, 1.807) is 12.1 Å². The highest BCUT2D eigenvalue weighted by Gasteiger charge is 2.20. The van der Waals surface area contributed by atoms with Crippen LogP contribution in [0.3, 0.4) is 0 Å². The fourth-order valence-corrected chi connectivity index (χ4v) is 3.27. The molecule has 0 radical (unpaired) electrons. The topological polar surface area (TPSA) is 56.2 Å². The number of rotatable bonds is 3. The van der Waals surface area contributed by atoms with Crippen LogP contribution in [0.2, 0.25) is 4.34 Å².